The summed E-state index contributed by atoms with van der Waals surface area (Å²) in [4.78, 5) is 26.4. The minimum atomic E-state index is -1.03. The van der Waals surface area contributed by atoms with Crippen molar-refractivity contribution in [3.63, 3.8) is 0 Å². The average molecular weight is 545 g/mol. The predicted molar refractivity (Wildman–Crippen MR) is 155 cm³/mol. The van der Waals surface area contributed by atoms with Crippen LogP contribution in [0.25, 0.3) is 0 Å². The van der Waals surface area contributed by atoms with Crippen molar-refractivity contribution in [1.29, 1.82) is 0 Å². The smallest absolute Gasteiger partial charge is 0.407 e. The van der Waals surface area contributed by atoms with Gasteiger partial charge in [0.15, 0.2) is 0 Å². The van der Waals surface area contributed by atoms with Crippen molar-refractivity contribution in [3.05, 3.63) is 107 Å². The maximum absolute atomic E-state index is 13.7. The fourth-order valence-electron chi connectivity index (χ4n) is 5.27. The maximum Gasteiger partial charge on any atom is 0.407 e. The molecule has 7 heteroatoms. The van der Waals surface area contributed by atoms with Gasteiger partial charge in [-0.2, -0.15) is 0 Å². The summed E-state index contributed by atoms with van der Waals surface area (Å²) in [6.45, 7) is 5.35. The normalized spacial score (nSPS) is 18.7. The number of aliphatic hydroxyl groups excluding tert-OH is 2. The first kappa shape index (κ1) is 29.3. The first-order valence-electron chi connectivity index (χ1n) is 13.9. The summed E-state index contributed by atoms with van der Waals surface area (Å²) >= 11 is 0. The Kier molecular flexibility index (Phi) is 9.61. The molecular weight excluding hydrogens is 504 g/mol. The monoisotopic (exact) mass is 544 g/mol. The van der Waals surface area contributed by atoms with Crippen molar-refractivity contribution in [3.8, 4) is 0 Å². The Bertz CT molecular complexity index is 1260. The third-order valence-corrected chi connectivity index (χ3v) is 7.19. The molecule has 2 amide bonds. The number of fused-ring (bicyclic) bond motifs is 1. The van der Waals surface area contributed by atoms with Crippen LogP contribution in [0, 0.1) is 5.92 Å². The molecule has 0 aliphatic heterocycles. The van der Waals surface area contributed by atoms with Gasteiger partial charge < -0.3 is 25.6 Å². The lowest BCUT2D eigenvalue weighted by atomic mass is 9.88. The molecule has 0 saturated carbocycles. The van der Waals surface area contributed by atoms with Gasteiger partial charge in [-0.25, -0.2) is 4.79 Å². The molecule has 212 valence electrons. The summed E-state index contributed by atoms with van der Waals surface area (Å²) in [5.74, 6) is -0.851. The molecule has 0 spiro atoms. The van der Waals surface area contributed by atoms with Gasteiger partial charge in [-0.15, -0.1) is 0 Å². The fourth-order valence-corrected chi connectivity index (χ4v) is 5.27. The maximum atomic E-state index is 13.7. The second-order valence-corrected chi connectivity index (χ2v) is 11.6. The third kappa shape index (κ3) is 8.16. The summed E-state index contributed by atoms with van der Waals surface area (Å²) in [5.41, 5.74) is 3.14. The van der Waals surface area contributed by atoms with Gasteiger partial charge >= 0.3 is 6.09 Å². The van der Waals surface area contributed by atoms with Crippen LogP contribution in [0.1, 0.15) is 55.5 Å². The number of alkyl carbamates (subject to hydrolysis) is 1. The first-order chi connectivity index (χ1) is 19.1. The standard InChI is InChI=1S/C33H40N2O5/c1-33(2,3)40-32(39)34-27(19-23-14-8-5-9-15-23)28(36)21-25(18-22-12-6-4-7-13-22)31(38)35-30-26-17-11-10-16-24(26)20-29(30)37/h4-17,25,27-30,36-37H,18-21H2,1-3H3,(H,34,39)(H,35,38)/t25-,27+,28?,29-,30+/m1/s1. The number of carbonyl (C=O) groups excluding carboxylic acids is 2. The van der Waals surface area contributed by atoms with E-state index in [9.17, 15) is 19.8 Å². The highest BCUT2D eigenvalue weighted by atomic mass is 16.6. The van der Waals surface area contributed by atoms with Crippen molar-refractivity contribution >= 4 is 12.0 Å². The molecular formula is C33H40N2O5. The van der Waals surface area contributed by atoms with Gasteiger partial charge in [-0.3, -0.25) is 4.79 Å². The predicted octanol–water partition coefficient (Wildman–Crippen LogP) is 4.51. The highest BCUT2D eigenvalue weighted by molar-refractivity contribution is 5.80. The number of benzene rings is 3. The van der Waals surface area contributed by atoms with Gasteiger partial charge in [-0.1, -0.05) is 84.9 Å². The molecule has 4 rings (SSSR count). The minimum absolute atomic E-state index is 0.110. The Morgan fingerprint density at radius 1 is 0.900 bits per heavy atom. The Balaban J connectivity index is 1.54. The van der Waals surface area contributed by atoms with E-state index in [0.29, 0.717) is 19.3 Å². The van der Waals surface area contributed by atoms with Crippen molar-refractivity contribution in [2.75, 3.05) is 0 Å². The van der Waals surface area contributed by atoms with Crippen molar-refractivity contribution in [2.45, 2.75) is 76.3 Å². The number of nitrogens with one attached hydrogen (secondary N) is 2. The van der Waals surface area contributed by atoms with E-state index in [1.807, 2.05) is 84.9 Å². The largest absolute Gasteiger partial charge is 0.444 e. The van der Waals surface area contributed by atoms with Crippen molar-refractivity contribution in [1.82, 2.24) is 10.6 Å². The third-order valence-electron chi connectivity index (χ3n) is 7.19. The fraction of sp³-hybridized carbons (Fsp3) is 0.394. The van der Waals surface area contributed by atoms with Crippen LogP contribution < -0.4 is 10.6 Å². The molecule has 5 atom stereocenters. The number of amides is 2. The van der Waals surface area contributed by atoms with Crippen LogP contribution in [0.2, 0.25) is 0 Å². The molecule has 7 nitrogen and oxygen atoms in total. The quantitative estimate of drug-likeness (QED) is 0.301. The molecule has 0 bridgehead atoms. The van der Waals surface area contributed by atoms with E-state index in [-0.39, 0.29) is 12.3 Å². The zero-order valence-corrected chi connectivity index (χ0v) is 23.4. The van der Waals surface area contributed by atoms with Crippen LogP contribution in [0.4, 0.5) is 4.79 Å². The topological polar surface area (TPSA) is 108 Å². The van der Waals surface area contributed by atoms with Crippen LogP contribution in [-0.4, -0.2) is 46.1 Å². The van der Waals surface area contributed by atoms with Gasteiger partial charge in [-0.05, 0) is 62.3 Å². The highest BCUT2D eigenvalue weighted by Gasteiger charge is 2.35. The second kappa shape index (κ2) is 13.1. The van der Waals surface area contributed by atoms with E-state index in [1.165, 1.54) is 0 Å². The minimum Gasteiger partial charge on any atom is -0.444 e. The van der Waals surface area contributed by atoms with Crippen LogP contribution in [0.15, 0.2) is 84.9 Å². The van der Waals surface area contributed by atoms with Crippen LogP contribution in [-0.2, 0) is 28.8 Å². The summed E-state index contributed by atoms with van der Waals surface area (Å²) in [5, 5.41) is 28.1. The van der Waals surface area contributed by atoms with E-state index in [0.717, 1.165) is 22.3 Å². The van der Waals surface area contributed by atoms with E-state index in [1.54, 1.807) is 20.8 Å². The number of carbonyl (C=O) groups is 2. The summed E-state index contributed by atoms with van der Waals surface area (Å²) in [6.07, 6.45) is -1.02. The molecule has 1 aliphatic rings. The number of hydrogen-bond donors (Lipinski definition) is 4. The van der Waals surface area contributed by atoms with Gasteiger partial charge in [0.05, 0.1) is 24.3 Å². The van der Waals surface area contributed by atoms with E-state index in [2.05, 4.69) is 10.6 Å². The molecule has 0 saturated heterocycles. The number of rotatable bonds is 10. The molecule has 4 N–H and O–H groups in total. The highest BCUT2D eigenvalue weighted by Crippen LogP contribution is 2.32. The van der Waals surface area contributed by atoms with Gasteiger partial charge in [0, 0.05) is 12.3 Å². The lowest BCUT2D eigenvalue weighted by Crippen LogP contribution is -2.48. The molecule has 0 aromatic heterocycles. The van der Waals surface area contributed by atoms with Crippen LogP contribution >= 0.6 is 0 Å². The first-order valence-corrected chi connectivity index (χ1v) is 13.9. The number of aliphatic hydroxyl groups is 2. The number of hydrogen-bond acceptors (Lipinski definition) is 5. The summed E-state index contributed by atoms with van der Waals surface area (Å²) in [6, 6.07) is 25.8. The Morgan fingerprint density at radius 2 is 1.48 bits per heavy atom. The Morgan fingerprint density at radius 3 is 2.10 bits per heavy atom. The van der Waals surface area contributed by atoms with E-state index >= 15 is 0 Å². The molecule has 3 aromatic carbocycles. The SMILES string of the molecule is CC(C)(C)OC(=O)N[C@@H](Cc1ccccc1)C(O)C[C@@H](Cc1ccccc1)C(=O)N[C@H]1c2ccccc2C[C@H]1O. The van der Waals surface area contributed by atoms with E-state index in [4.69, 9.17) is 4.74 Å². The van der Waals surface area contributed by atoms with Crippen molar-refractivity contribution in [2.24, 2.45) is 5.92 Å². The van der Waals surface area contributed by atoms with Crippen LogP contribution in [0.5, 0.6) is 0 Å². The zero-order chi connectivity index (χ0) is 28.7. The molecule has 3 aromatic rings. The van der Waals surface area contributed by atoms with E-state index < -0.39 is 41.9 Å². The van der Waals surface area contributed by atoms with Crippen molar-refractivity contribution < 1.29 is 24.5 Å². The molecule has 0 fully saturated rings. The molecule has 0 radical (unpaired) electrons. The Labute approximate surface area is 236 Å². The molecule has 1 unspecified atom stereocenters. The Hall–Kier alpha value is -3.68. The summed E-state index contributed by atoms with van der Waals surface area (Å²) in [7, 11) is 0. The lowest BCUT2D eigenvalue weighted by Gasteiger charge is -2.29. The number of ether oxygens (including phenoxy) is 1. The van der Waals surface area contributed by atoms with Gasteiger partial charge in [0.1, 0.15) is 5.60 Å². The lowest BCUT2D eigenvalue weighted by molar-refractivity contribution is -0.127. The molecule has 0 heterocycles. The van der Waals surface area contributed by atoms with Gasteiger partial charge in [0.25, 0.3) is 0 Å². The van der Waals surface area contributed by atoms with Crippen LogP contribution in [0.3, 0.4) is 0 Å². The average Bonchev–Trinajstić information content (AvgIpc) is 3.22. The zero-order valence-electron chi connectivity index (χ0n) is 23.4. The molecule has 40 heavy (non-hydrogen) atoms. The summed E-state index contributed by atoms with van der Waals surface area (Å²) < 4.78 is 5.47. The van der Waals surface area contributed by atoms with Gasteiger partial charge in [0.2, 0.25) is 5.91 Å². The second-order valence-electron chi connectivity index (χ2n) is 11.6. The molecule has 1 aliphatic carbocycles.